The first-order valence-corrected chi connectivity index (χ1v) is 11.7. The summed E-state index contributed by atoms with van der Waals surface area (Å²) in [4.78, 5) is 0. The van der Waals surface area contributed by atoms with Gasteiger partial charge >= 0.3 is 6.61 Å². The Balaban J connectivity index is 1.47. The molecule has 1 nitrogen and oxygen atoms in total. The van der Waals surface area contributed by atoms with Crippen LogP contribution in [0.25, 0.3) is 5.57 Å². The maximum atomic E-state index is 15.5. The summed E-state index contributed by atoms with van der Waals surface area (Å²) in [5, 5.41) is 0. The first-order valence-electron chi connectivity index (χ1n) is 11.7. The molecule has 1 aromatic carbocycles. The van der Waals surface area contributed by atoms with Gasteiger partial charge in [-0.15, -0.1) is 0 Å². The molecule has 0 amide bonds. The second-order valence-corrected chi connectivity index (χ2v) is 9.50. The van der Waals surface area contributed by atoms with Crippen LogP contribution in [0.3, 0.4) is 0 Å². The van der Waals surface area contributed by atoms with Gasteiger partial charge in [0.25, 0.3) is 0 Å². The molecule has 0 radical (unpaired) electrons. The van der Waals surface area contributed by atoms with Gasteiger partial charge in [-0.1, -0.05) is 81.7 Å². The second-order valence-electron chi connectivity index (χ2n) is 9.50. The fourth-order valence-electron chi connectivity index (χ4n) is 5.96. The highest BCUT2D eigenvalue weighted by Gasteiger charge is 2.54. The molecule has 1 aromatic rings. The minimum absolute atomic E-state index is 0.365. The van der Waals surface area contributed by atoms with Crippen molar-refractivity contribution in [3.8, 4) is 0 Å². The Labute approximate surface area is 182 Å². The standard InChI is InChI=1S/C26H32F4O/c27-23-16-21(20-8-2-1-3-9-20)17-24(28)26(23,31-25(29)30)22-14-12-19(13-15-22)11-10-18-6-4-5-7-18/h1-3,8-9,16-19,22-23,25H,4-7,10-15H2. The Morgan fingerprint density at radius 2 is 1.52 bits per heavy atom. The van der Waals surface area contributed by atoms with Crippen LogP contribution in [0.2, 0.25) is 0 Å². The summed E-state index contributed by atoms with van der Waals surface area (Å²) in [6.45, 7) is -3.23. The van der Waals surface area contributed by atoms with Crippen molar-refractivity contribution in [2.24, 2.45) is 17.8 Å². The number of allylic oxidation sites excluding steroid dienone is 2. The smallest absolute Gasteiger partial charge is 0.305 e. The van der Waals surface area contributed by atoms with Crippen LogP contribution in [0.5, 0.6) is 0 Å². The molecule has 0 saturated heterocycles. The summed E-state index contributed by atoms with van der Waals surface area (Å²) < 4.78 is 62.4. The first kappa shape index (κ1) is 22.6. The van der Waals surface area contributed by atoms with E-state index in [0.29, 0.717) is 29.9 Å². The highest BCUT2D eigenvalue weighted by atomic mass is 19.3. The topological polar surface area (TPSA) is 9.23 Å². The van der Waals surface area contributed by atoms with E-state index in [0.717, 1.165) is 25.2 Å². The SMILES string of the molecule is FC1=CC(c2ccccc2)=CC(F)C1(OC(F)F)C1CCC(CCC2CCCC2)CC1. The van der Waals surface area contributed by atoms with Crippen molar-refractivity contribution in [2.75, 3.05) is 0 Å². The fourth-order valence-corrected chi connectivity index (χ4v) is 5.96. The van der Waals surface area contributed by atoms with Crippen molar-refractivity contribution < 1.29 is 22.3 Å². The van der Waals surface area contributed by atoms with Crippen molar-refractivity contribution in [3.05, 3.63) is 53.9 Å². The Kier molecular flexibility index (Phi) is 7.20. The molecule has 2 saturated carbocycles. The zero-order valence-corrected chi connectivity index (χ0v) is 17.9. The summed E-state index contributed by atoms with van der Waals surface area (Å²) in [6, 6.07) is 8.87. The molecule has 0 spiro atoms. The molecule has 2 atom stereocenters. The molecule has 2 unspecified atom stereocenters. The van der Waals surface area contributed by atoms with Gasteiger partial charge in [-0.3, -0.25) is 0 Å². The van der Waals surface area contributed by atoms with Crippen LogP contribution >= 0.6 is 0 Å². The van der Waals surface area contributed by atoms with E-state index in [2.05, 4.69) is 0 Å². The maximum Gasteiger partial charge on any atom is 0.346 e. The van der Waals surface area contributed by atoms with Crippen LogP contribution in [0.15, 0.2) is 48.3 Å². The number of hydrogen-bond acceptors (Lipinski definition) is 1. The second kappa shape index (κ2) is 9.89. The number of rotatable bonds is 7. The largest absolute Gasteiger partial charge is 0.346 e. The van der Waals surface area contributed by atoms with Gasteiger partial charge in [0.1, 0.15) is 5.83 Å². The lowest BCUT2D eigenvalue weighted by Gasteiger charge is -2.45. The highest BCUT2D eigenvalue weighted by molar-refractivity contribution is 5.77. The van der Waals surface area contributed by atoms with E-state index in [1.54, 1.807) is 24.3 Å². The number of alkyl halides is 3. The van der Waals surface area contributed by atoms with Crippen molar-refractivity contribution >= 4 is 5.57 Å². The zero-order chi connectivity index (χ0) is 21.8. The number of hydrogen-bond donors (Lipinski definition) is 0. The normalized spacial score (nSPS) is 32.2. The number of halogens is 4. The fraction of sp³-hybridized carbons (Fsp3) is 0.615. The van der Waals surface area contributed by atoms with E-state index in [9.17, 15) is 8.78 Å². The molecule has 5 heteroatoms. The van der Waals surface area contributed by atoms with E-state index in [1.165, 1.54) is 44.3 Å². The van der Waals surface area contributed by atoms with Gasteiger partial charge < -0.3 is 4.74 Å². The van der Waals surface area contributed by atoms with Crippen LogP contribution in [0.4, 0.5) is 17.6 Å². The number of ether oxygens (including phenoxy) is 1. The Morgan fingerprint density at radius 1 is 0.903 bits per heavy atom. The van der Waals surface area contributed by atoms with Crippen LogP contribution in [-0.2, 0) is 4.74 Å². The molecule has 2 fully saturated rings. The molecule has 170 valence electrons. The monoisotopic (exact) mass is 436 g/mol. The van der Waals surface area contributed by atoms with Gasteiger partial charge in [0.05, 0.1) is 0 Å². The van der Waals surface area contributed by atoms with E-state index >= 15 is 8.78 Å². The Hall–Kier alpha value is -1.62. The predicted molar refractivity (Wildman–Crippen MR) is 115 cm³/mol. The maximum absolute atomic E-state index is 15.5. The lowest BCUT2D eigenvalue weighted by molar-refractivity contribution is -0.237. The molecule has 31 heavy (non-hydrogen) atoms. The minimum atomic E-state index is -3.23. The lowest BCUT2D eigenvalue weighted by Crippen LogP contribution is -2.52. The average Bonchev–Trinajstić information content (AvgIpc) is 3.29. The van der Waals surface area contributed by atoms with Gasteiger partial charge in [0, 0.05) is 0 Å². The van der Waals surface area contributed by atoms with Crippen LogP contribution in [0, 0.1) is 17.8 Å². The van der Waals surface area contributed by atoms with Crippen molar-refractivity contribution in [2.45, 2.75) is 82.6 Å². The molecule has 3 aliphatic rings. The summed E-state index contributed by atoms with van der Waals surface area (Å²) >= 11 is 0. The molecule has 4 rings (SSSR count). The van der Waals surface area contributed by atoms with Crippen molar-refractivity contribution in [1.82, 2.24) is 0 Å². The summed E-state index contributed by atoms with van der Waals surface area (Å²) in [6.07, 6.45) is 10.8. The quantitative estimate of drug-likeness (QED) is 0.393. The van der Waals surface area contributed by atoms with Gasteiger partial charge in [-0.2, -0.15) is 8.78 Å². The van der Waals surface area contributed by atoms with Crippen LogP contribution in [0.1, 0.15) is 69.8 Å². The third-order valence-corrected chi connectivity index (χ3v) is 7.69. The Morgan fingerprint density at radius 3 is 2.10 bits per heavy atom. The van der Waals surface area contributed by atoms with E-state index in [4.69, 9.17) is 4.74 Å². The number of benzene rings is 1. The predicted octanol–water partition coefficient (Wildman–Crippen LogP) is 8.03. The van der Waals surface area contributed by atoms with Gasteiger partial charge in [-0.25, -0.2) is 8.78 Å². The molecular formula is C26H32F4O. The average molecular weight is 437 g/mol. The first-order chi connectivity index (χ1) is 15.0. The summed E-state index contributed by atoms with van der Waals surface area (Å²) in [7, 11) is 0. The zero-order valence-electron chi connectivity index (χ0n) is 17.9. The van der Waals surface area contributed by atoms with Gasteiger partial charge in [0.15, 0.2) is 11.8 Å². The van der Waals surface area contributed by atoms with E-state index < -0.39 is 30.1 Å². The molecule has 0 heterocycles. The lowest BCUT2D eigenvalue weighted by atomic mass is 9.68. The van der Waals surface area contributed by atoms with Crippen molar-refractivity contribution in [3.63, 3.8) is 0 Å². The van der Waals surface area contributed by atoms with E-state index in [-0.39, 0.29) is 0 Å². The van der Waals surface area contributed by atoms with Gasteiger partial charge in [-0.05, 0) is 53.9 Å². The van der Waals surface area contributed by atoms with Crippen molar-refractivity contribution in [1.29, 1.82) is 0 Å². The van der Waals surface area contributed by atoms with Crippen LogP contribution in [-0.4, -0.2) is 18.4 Å². The summed E-state index contributed by atoms with van der Waals surface area (Å²) in [5.74, 6) is -0.175. The molecule has 0 aromatic heterocycles. The van der Waals surface area contributed by atoms with Crippen LogP contribution < -0.4 is 0 Å². The molecular weight excluding hydrogens is 404 g/mol. The molecule has 3 aliphatic carbocycles. The third kappa shape index (κ3) is 4.92. The summed E-state index contributed by atoms with van der Waals surface area (Å²) in [5.41, 5.74) is -1.20. The molecule has 0 aliphatic heterocycles. The minimum Gasteiger partial charge on any atom is -0.305 e. The van der Waals surface area contributed by atoms with Gasteiger partial charge in [0.2, 0.25) is 0 Å². The molecule has 0 N–H and O–H groups in total. The highest BCUT2D eigenvalue weighted by Crippen LogP contribution is 2.50. The Bertz CT molecular complexity index is 776. The van der Waals surface area contributed by atoms with E-state index in [1.807, 2.05) is 6.07 Å². The third-order valence-electron chi connectivity index (χ3n) is 7.69. The molecule has 0 bridgehead atoms.